The number of aryl methyl sites for hydroxylation is 1. The number of rotatable bonds is 14. The maximum atomic E-state index is 12.2. The largest absolute Gasteiger partial charge is 0.422 e. The molecule has 1 rings (SSSR count). The van der Waals surface area contributed by atoms with Crippen molar-refractivity contribution in [2.24, 2.45) is 0 Å². The molecular weight excluding hydrogens is 374 g/mol. The van der Waals surface area contributed by atoms with Crippen LogP contribution >= 0.6 is 0 Å². The minimum Gasteiger partial charge on any atom is -0.328 e. The van der Waals surface area contributed by atoms with Gasteiger partial charge in [-0.25, -0.2) is 4.79 Å². The Balaban J connectivity index is 2.36. The molecule has 1 aromatic rings. The van der Waals surface area contributed by atoms with Crippen molar-refractivity contribution in [2.75, 3.05) is 6.54 Å². The number of hydrogen-bond acceptors (Lipinski definition) is 4. The van der Waals surface area contributed by atoms with Gasteiger partial charge in [-0.05, 0) is 43.2 Å². The van der Waals surface area contributed by atoms with Gasteiger partial charge >= 0.3 is 16.2 Å². The molecule has 0 bridgehead atoms. The van der Waals surface area contributed by atoms with Crippen molar-refractivity contribution in [3.05, 3.63) is 47.5 Å². The third kappa shape index (κ3) is 11.1. The Morgan fingerprint density at radius 1 is 0.964 bits per heavy atom. The van der Waals surface area contributed by atoms with E-state index in [0.717, 1.165) is 31.2 Å². The van der Waals surface area contributed by atoms with E-state index in [0.29, 0.717) is 18.5 Å². The second-order valence-electron chi connectivity index (χ2n) is 6.98. The minimum atomic E-state index is -3.97. The van der Waals surface area contributed by atoms with E-state index in [9.17, 15) is 13.2 Å². The summed E-state index contributed by atoms with van der Waals surface area (Å²) in [6.07, 6.45) is 12.6. The summed E-state index contributed by atoms with van der Waals surface area (Å²) in [6, 6.07) is 7.39. The summed E-state index contributed by atoms with van der Waals surface area (Å²) in [5, 5.41) is 2.49. The summed E-state index contributed by atoms with van der Waals surface area (Å²) in [5.74, 6) is -0.294. The predicted octanol–water partition coefficient (Wildman–Crippen LogP) is 5.50. The van der Waals surface area contributed by atoms with Crippen LogP contribution in [0.25, 0.3) is 0 Å². The molecule has 0 atom stereocenters. The minimum absolute atomic E-state index is 0.294. The molecule has 0 aromatic heterocycles. The van der Waals surface area contributed by atoms with Crippen molar-refractivity contribution in [1.82, 2.24) is 5.32 Å². The van der Waals surface area contributed by atoms with Gasteiger partial charge in [0.1, 0.15) is 5.75 Å². The van der Waals surface area contributed by atoms with E-state index in [1.165, 1.54) is 25.7 Å². The summed E-state index contributed by atoms with van der Waals surface area (Å²) >= 11 is 0. The molecule has 0 heterocycles. The predicted molar refractivity (Wildman–Crippen MR) is 115 cm³/mol. The van der Waals surface area contributed by atoms with E-state index < -0.39 is 16.2 Å². The molecule has 0 fully saturated rings. The first-order valence-corrected chi connectivity index (χ1v) is 12.0. The van der Waals surface area contributed by atoms with Crippen LogP contribution in [0.3, 0.4) is 0 Å². The molecule has 28 heavy (non-hydrogen) atoms. The topological polar surface area (TPSA) is 72.5 Å². The number of amides is 1. The lowest BCUT2D eigenvalue weighted by Gasteiger charge is -2.10. The highest BCUT2D eigenvalue weighted by atomic mass is 32.2. The number of carbonyl (C=O) groups excluding carboxylic acids is 1. The third-order valence-electron chi connectivity index (χ3n) is 4.42. The maximum Gasteiger partial charge on any atom is 0.422 e. The number of hydrogen-bond donors (Lipinski definition) is 1. The molecule has 1 amide bonds. The third-order valence-corrected chi connectivity index (χ3v) is 5.49. The molecule has 0 saturated carbocycles. The van der Waals surface area contributed by atoms with Crippen LogP contribution in [-0.2, 0) is 26.5 Å². The van der Waals surface area contributed by atoms with Gasteiger partial charge in [0.25, 0.3) is 0 Å². The molecule has 5 nitrogen and oxygen atoms in total. The average molecular weight is 410 g/mol. The van der Waals surface area contributed by atoms with E-state index in [4.69, 9.17) is 0 Å². The molecular formula is C22H35NO4S. The molecule has 1 aromatic carbocycles. The molecule has 0 saturated heterocycles. The molecule has 158 valence electrons. The normalized spacial score (nSPS) is 11.6. The summed E-state index contributed by atoms with van der Waals surface area (Å²) in [6.45, 7) is 4.63. The fourth-order valence-electron chi connectivity index (χ4n) is 2.86. The van der Waals surface area contributed by atoms with Gasteiger partial charge in [-0.3, -0.25) is 0 Å². The molecule has 0 aliphatic rings. The van der Waals surface area contributed by atoms with Crippen molar-refractivity contribution in [1.29, 1.82) is 0 Å². The van der Waals surface area contributed by atoms with Crippen LogP contribution in [0.4, 0.5) is 4.79 Å². The zero-order valence-electron chi connectivity index (χ0n) is 17.3. The number of carbonyl (C=O) groups is 1. The lowest BCUT2D eigenvalue weighted by molar-refractivity contribution is 0.202. The molecule has 0 spiro atoms. The van der Waals surface area contributed by atoms with Crippen LogP contribution in [0.15, 0.2) is 36.4 Å². The Hall–Kier alpha value is -1.82. The summed E-state index contributed by atoms with van der Waals surface area (Å²) in [4.78, 5) is 11.8. The van der Waals surface area contributed by atoms with E-state index >= 15 is 0 Å². The van der Waals surface area contributed by atoms with Crippen molar-refractivity contribution < 1.29 is 17.4 Å². The van der Waals surface area contributed by atoms with Crippen LogP contribution in [0.2, 0.25) is 0 Å². The van der Waals surface area contributed by atoms with Gasteiger partial charge in [0.05, 0.1) is 0 Å². The first-order chi connectivity index (χ1) is 13.5. The highest BCUT2D eigenvalue weighted by Crippen LogP contribution is 2.16. The van der Waals surface area contributed by atoms with E-state index in [2.05, 4.69) is 29.4 Å². The summed E-state index contributed by atoms with van der Waals surface area (Å²) < 4.78 is 29.1. The first kappa shape index (κ1) is 24.2. The first-order valence-electron chi connectivity index (χ1n) is 10.4. The number of benzene rings is 1. The van der Waals surface area contributed by atoms with Crippen molar-refractivity contribution >= 4 is 16.2 Å². The second-order valence-corrected chi connectivity index (χ2v) is 8.55. The fourth-order valence-corrected chi connectivity index (χ4v) is 3.87. The number of allylic oxidation sites excluding steroid dienone is 1. The van der Waals surface area contributed by atoms with E-state index in [1.807, 2.05) is 18.2 Å². The van der Waals surface area contributed by atoms with Crippen LogP contribution in [0.1, 0.15) is 76.3 Å². The molecule has 0 aliphatic heterocycles. The Kier molecular flexibility index (Phi) is 12.3. The zero-order chi connectivity index (χ0) is 20.7. The zero-order valence-corrected chi connectivity index (χ0v) is 18.1. The number of nitrogens with one attached hydrogen (secondary N) is 1. The van der Waals surface area contributed by atoms with Crippen molar-refractivity contribution in [3.8, 4) is 0 Å². The summed E-state index contributed by atoms with van der Waals surface area (Å²) in [7, 11) is -3.97. The van der Waals surface area contributed by atoms with Gasteiger partial charge in [-0.1, -0.05) is 75.9 Å². The quantitative estimate of drug-likeness (QED) is 0.250. The summed E-state index contributed by atoms with van der Waals surface area (Å²) in [5.41, 5.74) is 1.68. The lowest BCUT2D eigenvalue weighted by atomic mass is 10.0. The Bertz CT molecular complexity index is 698. The number of unbranched alkanes of at least 4 members (excludes halogenated alkanes) is 5. The molecule has 0 unspecified atom stereocenters. The molecule has 1 N–H and O–H groups in total. The van der Waals surface area contributed by atoms with Crippen molar-refractivity contribution in [2.45, 2.75) is 77.4 Å². The van der Waals surface area contributed by atoms with Gasteiger partial charge in [0.2, 0.25) is 0 Å². The van der Waals surface area contributed by atoms with Crippen LogP contribution < -0.4 is 5.32 Å². The highest BCUT2D eigenvalue weighted by Gasteiger charge is 2.19. The standard InChI is InChI=1S/C22H35NO4S/c1-3-5-7-8-9-10-11-14-18-23-22(24)27-28(25,26)19-21-17-13-12-16-20(21)15-6-4-2/h10-13,16-17H,3-9,14-15,18-19H2,1-2H3,(H,23,24). The van der Waals surface area contributed by atoms with Gasteiger partial charge in [0.15, 0.2) is 0 Å². The molecule has 0 aliphatic carbocycles. The van der Waals surface area contributed by atoms with E-state index in [1.54, 1.807) is 12.1 Å². The average Bonchev–Trinajstić information content (AvgIpc) is 2.65. The van der Waals surface area contributed by atoms with Gasteiger partial charge in [-0.15, -0.1) is 0 Å². The fraction of sp³-hybridized carbons (Fsp3) is 0.591. The van der Waals surface area contributed by atoms with Gasteiger partial charge in [0, 0.05) is 6.54 Å². The Morgan fingerprint density at radius 2 is 1.64 bits per heavy atom. The van der Waals surface area contributed by atoms with Crippen LogP contribution in [0, 0.1) is 0 Å². The van der Waals surface area contributed by atoms with Crippen LogP contribution in [-0.4, -0.2) is 21.1 Å². The van der Waals surface area contributed by atoms with Gasteiger partial charge < -0.3 is 9.50 Å². The lowest BCUT2D eigenvalue weighted by Crippen LogP contribution is -2.28. The Morgan fingerprint density at radius 3 is 2.36 bits per heavy atom. The maximum absolute atomic E-state index is 12.2. The highest BCUT2D eigenvalue weighted by molar-refractivity contribution is 7.86. The molecule has 6 heteroatoms. The van der Waals surface area contributed by atoms with Crippen molar-refractivity contribution in [3.63, 3.8) is 0 Å². The van der Waals surface area contributed by atoms with Gasteiger partial charge in [-0.2, -0.15) is 8.42 Å². The SMILES string of the molecule is CCCCCCC=CCCNC(=O)OS(=O)(=O)Cc1ccccc1CCCC. The monoisotopic (exact) mass is 409 g/mol. The smallest absolute Gasteiger partial charge is 0.328 e. The Labute approximate surface area is 170 Å². The van der Waals surface area contributed by atoms with E-state index in [-0.39, 0.29) is 5.75 Å². The van der Waals surface area contributed by atoms with Crippen LogP contribution in [0.5, 0.6) is 0 Å². The molecule has 0 radical (unpaired) electrons. The second kappa shape index (κ2) is 14.2.